The van der Waals surface area contributed by atoms with Crippen LogP contribution in [0.5, 0.6) is 0 Å². The van der Waals surface area contributed by atoms with E-state index < -0.39 is 0 Å². The Balaban J connectivity index is 2.53. The third-order valence-corrected chi connectivity index (χ3v) is 2.94. The van der Waals surface area contributed by atoms with Gasteiger partial charge in [0.25, 0.3) is 0 Å². The molecule has 86 valence electrons. The molecule has 0 amide bonds. The van der Waals surface area contributed by atoms with Gasteiger partial charge in [-0.1, -0.05) is 34.6 Å². The average molecular weight is 208 g/mol. The SMILES string of the molecule is CC(C)Cc1cnn(C[C@H](C)C(C)C)c1. The molecule has 2 heteroatoms. The van der Waals surface area contributed by atoms with Crippen LogP contribution in [0.15, 0.2) is 12.4 Å². The molecule has 1 aromatic rings. The molecule has 1 aromatic heterocycles. The molecule has 0 saturated carbocycles. The Hall–Kier alpha value is -0.790. The van der Waals surface area contributed by atoms with Crippen molar-refractivity contribution in [3.8, 4) is 0 Å². The van der Waals surface area contributed by atoms with Gasteiger partial charge in [-0.2, -0.15) is 5.10 Å². The van der Waals surface area contributed by atoms with Crippen LogP contribution in [0.4, 0.5) is 0 Å². The highest BCUT2D eigenvalue weighted by atomic mass is 15.3. The van der Waals surface area contributed by atoms with Gasteiger partial charge in [-0.25, -0.2) is 0 Å². The number of rotatable bonds is 5. The summed E-state index contributed by atoms with van der Waals surface area (Å²) in [4.78, 5) is 0. The summed E-state index contributed by atoms with van der Waals surface area (Å²) in [5.41, 5.74) is 1.36. The molecule has 0 N–H and O–H groups in total. The lowest BCUT2D eigenvalue weighted by Crippen LogP contribution is -2.13. The van der Waals surface area contributed by atoms with Gasteiger partial charge in [-0.3, -0.25) is 4.68 Å². The van der Waals surface area contributed by atoms with Gasteiger partial charge >= 0.3 is 0 Å². The fourth-order valence-corrected chi connectivity index (χ4v) is 1.59. The summed E-state index contributed by atoms with van der Waals surface area (Å²) in [7, 11) is 0. The fraction of sp³-hybridized carbons (Fsp3) is 0.769. The third kappa shape index (κ3) is 4.06. The monoisotopic (exact) mass is 208 g/mol. The van der Waals surface area contributed by atoms with Crippen molar-refractivity contribution in [3.63, 3.8) is 0 Å². The van der Waals surface area contributed by atoms with Crippen LogP contribution in [0.25, 0.3) is 0 Å². The van der Waals surface area contributed by atoms with E-state index >= 15 is 0 Å². The summed E-state index contributed by atoms with van der Waals surface area (Å²) in [5.74, 6) is 2.13. The van der Waals surface area contributed by atoms with Gasteiger partial charge in [0.05, 0.1) is 6.20 Å². The van der Waals surface area contributed by atoms with Crippen LogP contribution in [-0.4, -0.2) is 9.78 Å². The highest BCUT2D eigenvalue weighted by molar-refractivity contribution is 5.04. The normalized spacial score (nSPS) is 13.8. The maximum atomic E-state index is 4.41. The van der Waals surface area contributed by atoms with Crippen LogP contribution < -0.4 is 0 Å². The van der Waals surface area contributed by atoms with Crippen molar-refractivity contribution < 1.29 is 0 Å². The predicted octanol–water partition coefficient (Wildman–Crippen LogP) is 3.37. The molecule has 0 radical (unpaired) electrons. The largest absolute Gasteiger partial charge is 0.272 e. The van der Waals surface area contributed by atoms with E-state index in [0.29, 0.717) is 11.8 Å². The lowest BCUT2D eigenvalue weighted by atomic mass is 9.98. The molecule has 1 rings (SSSR count). The van der Waals surface area contributed by atoms with E-state index in [9.17, 15) is 0 Å². The van der Waals surface area contributed by atoms with Crippen molar-refractivity contribution in [1.82, 2.24) is 9.78 Å². The van der Waals surface area contributed by atoms with Gasteiger partial charge in [-0.05, 0) is 29.7 Å². The Morgan fingerprint density at radius 2 is 1.87 bits per heavy atom. The molecular formula is C13H24N2. The molecule has 0 aliphatic rings. The van der Waals surface area contributed by atoms with E-state index in [1.807, 2.05) is 6.20 Å². The molecule has 0 bridgehead atoms. The Bertz CT molecular complexity index is 286. The Labute approximate surface area is 93.7 Å². The second-order valence-electron chi connectivity index (χ2n) is 5.39. The Morgan fingerprint density at radius 3 is 2.40 bits per heavy atom. The van der Waals surface area contributed by atoms with Gasteiger partial charge in [0.1, 0.15) is 0 Å². The molecular weight excluding hydrogens is 184 g/mol. The summed E-state index contributed by atoms with van der Waals surface area (Å²) < 4.78 is 2.09. The maximum Gasteiger partial charge on any atom is 0.0521 e. The van der Waals surface area contributed by atoms with Gasteiger partial charge < -0.3 is 0 Å². The standard InChI is InChI=1S/C13H24N2/c1-10(2)6-13-7-14-15(9-13)8-12(5)11(3)4/h7,9-12H,6,8H2,1-5H3/t12-/m0/s1. The molecule has 1 atom stereocenters. The molecule has 0 aliphatic heterocycles. The van der Waals surface area contributed by atoms with Crippen molar-refractivity contribution in [2.24, 2.45) is 17.8 Å². The lowest BCUT2D eigenvalue weighted by Gasteiger charge is -2.14. The summed E-state index contributed by atoms with van der Waals surface area (Å²) in [6.07, 6.45) is 5.34. The maximum absolute atomic E-state index is 4.41. The number of hydrogen-bond acceptors (Lipinski definition) is 1. The quantitative estimate of drug-likeness (QED) is 0.725. The van der Waals surface area contributed by atoms with Crippen molar-refractivity contribution in [1.29, 1.82) is 0 Å². The van der Waals surface area contributed by atoms with Crippen molar-refractivity contribution >= 4 is 0 Å². The topological polar surface area (TPSA) is 17.8 Å². The fourth-order valence-electron chi connectivity index (χ4n) is 1.59. The summed E-state index contributed by atoms with van der Waals surface area (Å²) in [6.45, 7) is 12.3. The number of aromatic nitrogens is 2. The van der Waals surface area contributed by atoms with Crippen LogP contribution in [0, 0.1) is 17.8 Å². The first kappa shape index (κ1) is 12.3. The highest BCUT2D eigenvalue weighted by Crippen LogP contribution is 2.13. The zero-order valence-electron chi connectivity index (χ0n) is 10.7. The summed E-state index contributed by atoms with van der Waals surface area (Å²) >= 11 is 0. The first-order valence-corrected chi connectivity index (χ1v) is 6.00. The minimum Gasteiger partial charge on any atom is -0.272 e. The molecule has 0 saturated heterocycles. The van der Waals surface area contributed by atoms with E-state index in [4.69, 9.17) is 0 Å². The molecule has 0 fully saturated rings. The molecule has 0 aliphatic carbocycles. The van der Waals surface area contributed by atoms with Crippen molar-refractivity contribution in [3.05, 3.63) is 18.0 Å². The summed E-state index contributed by atoms with van der Waals surface area (Å²) in [5, 5.41) is 4.41. The molecule has 0 spiro atoms. The number of hydrogen-bond donors (Lipinski definition) is 0. The van der Waals surface area contributed by atoms with E-state index in [-0.39, 0.29) is 0 Å². The smallest absolute Gasteiger partial charge is 0.0521 e. The van der Waals surface area contributed by atoms with Gasteiger partial charge in [0, 0.05) is 12.7 Å². The van der Waals surface area contributed by atoms with E-state index in [2.05, 4.69) is 50.6 Å². The van der Waals surface area contributed by atoms with Crippen LogP contribution >= 0.6 is 0 Å². The lowest BCUT2D eigenvalue weighted by molar-refractivity contribution is 0.349. The second-order valence-corrected chi connectivity index (χ2v) is 5.39. The second kappa shape index (κ2) is 5.34. The van der Waals surface area contributed by atoms with E-state index in [0.717, 1.165) is 18.9 Å². The Kier molecular flexibility index (Phi) is 4.37. The van der Waals surface area contributed by atoms with Crippen LogP contribution in [0.1, 0.15) is 40.2 Å². The number of nitrogens with zero attached hydrogens (tertiary/aromatic N) is 2. The zero-order valence-corrected chi connectivity index (χ0v) is 10.7. The van der Waals surface area contributed by atoms with Gasteiger partial charge in [0.2, 0.25) is 0 Å². The molecule has 15 heavy (non-hydrogen) atoms. The highest BCUT2D eigenvalue weighted by Gasteiger charge is 2.09. The van der Waals surface area contributed by atoms with Crippen LogP contribution in [0.3, 0.4) is 0 Å². The minimum absolute atomic E-state index is 0.691. The van der Waals surface area contributed by atoms with E-state index in [1.54, 1.807) is 0 Å². The Morgan fingerprint density at radius 1 is 1.20 bits per heavy atom. The van der Waals surface area contributed by atoms with Crippen molar-refractivity contribution in [2.45, 2.75) is 47.6 Å². The minimum atomic E-state index is 0.691. The van der Waals surface area contributed by atoms with Crippen LogP contribution in [0.2, 0.25) is 0 Å². The average Bonchev–Trinajstić information content (AvgIpc) is 2.51. The van der Waals surface area contributed by atoms with E-state index in [1.165, 1.54) is 5.56 Å². The first-order chi connectivity index (χ1) is 6.99. The predicted molar refractivity (Wildman–Crippen MR) is 64.8 cm³/mol. The molecule has 0 aromatic carbocycles. The van der Waals surface area contributed by atoms with Crippen molar-refractivity contribution in [2.75, 3.05) is 0 Å². The molecule has 2 nitrogen and oxygen atoms in total. The molecule has 0 unspecified atom stereocenters. The van der Waals surface area contributed by atoms with Gasteiger partial charge in [0.15, 0.2) is 0 Å². The third-order valence-electron chi connectivity index (χ3n) is 2.94. The summed E-state index contributed by atoms with van der Waals surface area (Å²) in [6, 6.07) is 0. The molecule has 1 heterocycles. The zero-order chi connectivity index (χ0) is 11.4. The van der Waals surface area contributed by atoms with Crippen LogP contribution in [-0.2, 0) is 13.0 Å². The first-order valence-electron chi connectivity index (χ1n) is 6.00. The van der Waals surface area contributed by atoms with Gasteiger partial charge in [-0.15, -0.1) is 0 Å².